The third-order valence-electron chi connectivity index (χ3n) is 7.50. The molecule has 1 aliphatic carbocycles. The Morgan fingerprint density at radius 1 is 1.20 bits per heavy atom. The molecule has 0 spiro atoms. The summed E-state index contributed by atoms with van der Waals surface area (Å²) in [6.07, 6.45) is 6.69. The average Bonchev–Trinajstić information content (AvgIpc) is 3.36. The van der Waals surface area contributed by atoms with Crippen LogP contribution in [0.1, 0.15) is 69.1 Å². The Morgan fingerprint density at radius 3 is 2.57 bits per heavy atom. The van der Waals surface area contributed by atoms with Crippen LogP contribution in [0.25, 0.3) is 0 Å². The van der Waals surface area contributed by atoms with Crippen LogP contribution in [0.5, 0.6) is 0 Å². The molecule has 2 N–H and O–H groups in total. The van der Waals surface area contributed by atoms with E-state index in [1.165, 1.54) is 18.3 Å². The predicted molar refractivity (Wildman–Crippen MR) is 129 cm³/mol. The number of aryl methyl sites for hydroxylation is 1. The minimum Gasteiger partial charge on any atom is -0.512 e. The van der Waals surface area contributed by atoms with E-state index in [0.717, 1.165) is 31.2 Å². The highest BCUT2D eigenvalue weighted by molar-refractivity contribution is 5.90. The van der Waals surface area contributed by atoms with E-state index in [4.69, 9.17) is 4.74 Å². The van der Waals surface area contributed by atoms with E-state index >= 15 is 0 Å². The van der Waals surface area contributed by atoms with Crippen molar-refractivity contribution in [3.8, 4) is 6.07 Å². The maximum Gasteiger partial charge on any atom is 0.338 e. The van der Waals surface area contributed by atoms with Crippen LogP contribution in [0.15, 0.2) is 52.7 Å². The Balaban J connectivity index is 1.58. The molecule has 1 aliphatic heterocycles. The molecule has 4 rings (SSSR count). The highest BCUT2D eigenvalue weighted by Gasteiger charge is 2.48. The summed E-state index contributed by atoms with van der Waals surface area (Å²) in [4.78, 5) is 27.3. The van der Waals surface area contributed by atoms with Gasteiger partial charge >= 0.3 is 5.97 Å². The van der Waals surface area contributed by atoms with Gasteiger partial charge in [0.15, 0.2) is 0 Å². The predicted octanol–water partition coefficient (Wildman–Crippen LogP) is 5.18. The van der Waals surface area contributed by atoms with Crippen molar-refractivity contribution in [2.45, 2.75) is 76.2 Å². The first-order valence-electron chi connectivity index (χ1n) is 12.2. The summed E-state index contributed by atoms with van der Waals surface area (Å²) in [6.45, 7) is 3.36. The van der Waals surface area contributed by atoms with E-state index in [-0.39, 0.29) is 35.7 Å². The summed E-state index contributed by atoms with van der Waals surface area (Å²) in [5.74, 6) is -0.854. The van der Waals surface area contributed by atoms with E-state index in [9.17, 15) is 24.3 Å². The van der Waals surface area contributed by atoms with Gasteiger partial charge in [-0.15, -0.1) is 0 Å². The molecule has 0 bridgehead atoms. The van der Waals surface area contributed by atoms with E-state index in [1.807, 2.05) is 6.07 Å². The largest absolute Gasteiger partial charge is 0.512 e. The SMILES string of the molecule is CC(C)(C#N)c1ccc(CC[C@]2(C3CCCC3)CC(O)=C(Cc3cc[nH]c(=O)c3)C(=O)O2)cc1F. The number of nitrogens with one attached hydrogen (secondary N) is 1. The topological polar surface area (TPSA) is 103 Å². The van der Waals surface area contributed by atoms with Crippen molar-refractivity contribution in [1.82, 2.24) is 4.98 Å². The number of nitriles is 1. The first-order chi connectivity index (χ1) is 16.6. The zero-order chi connectivity index (χ0) is 25.2. The number of carbonyl (C=O) groups excluding carboxylic acids is 1. The highest BCUT2D eigenvalue weighted by atomic mass is 19.1. The van der Waals surface area contributed by atoms with Crippen molar-refractivity contribution in [3.63, 3.8) is 0 Å². The van der Waals surface area contributed by atoms with Crippen molar-refractivity contribution in [2.24, 2.45) is 5.92 Å². The molecule has 2 aromatic rings. The summed E-state index contributed by atoms with van der Waals surface area (Å²) < 4.78 is 20.9. The number of carbonyl (C=O) groups is 1. The van der Waals surface area contributed by atoms with Crippen molar-refractivity contribution >= 4 is 5.97 Å². The number of aromatic nitrogens is 1. The molecule has 0 radical (unpaired) electrons. The number of ether oxygens (including phenoxy) is 1. The van der Waals surface area contributed by atoms with E-state index in [0.29, 0.717) is 24.0 Å². The van der Waals surface area contributed by atoms with Crippen LogP contribution >= 0.6 is 0 Å². The third kappa shape index (κ3) is 5.17. The molecule has 0 unspecified atom stereocenters. The number of aliphatic hydroxyl groups excluding tert-OH is 1. The number of rotatable bonds is 7. The molecule has 0 amide bonds. The molecule has 2 heterocycles. The fourth-order valence-corrected chi connectivity index (χ4v) is 5.43. The van der Waals surface area contributed by atoms with Crippen LogP contribution in [0.2, 0.25) is 0 Å². The Kier molecular flexibility index (Phi) is 6.84. The number of halogens is 1. The Bertz CT molecular complexity index is 1250. The summed E-state index contributed by atoms with van der Waals surface area (Å²) in [6, 6.07) is 10.1. The first kappa shape index (κ1) is 24.7. The molecule has 35 heavy (non-hydrogen) atoms. The van der Waals surface area contributed by atoms with Crippen LogP contribution in [-0.2, 0) is 27.8 Å². The molecule has 1 aromatic carbocycles. The van der Waals surface area contributed by atoms with Crippen LogP contribution in [0.4, 0.5) is 4.39 Å². The maximum absolute atomic E-state index is 14.8. The second-order valence-electron chi connectivity index (χ2n) is 10.3. The standard InChI is InChI=1S/C28H31FN2O4/c1-27(2,17-30)22-8-7-18(14-23(22)29)9-11-28(20-5-3-4-6-20)16-24(32)21(26(34)35-28)13-19-10-12-31-25(33)15-19/h7-8,10,12,14-15,20,32H,3-6,9,11,13,16H2,1-2H3,(H,31,33)/t28-/m1/s1. The molecule has 1 atom stereocenters. The Hall–Kier alpha value is -3.40. The molecule has 1 fully saturated rings. The van der Waals surface area contributed by atoms with Crippen molar-refractivity contribution < 1.29 is 19.0 Å². The number of benzene rings is 1. The average molecular weight is 479 g/mol. The van der Waals surface area contributed by atoms with Gasteiger partial charge in [0.25, 0.3) is 0 Å². The van der Waals surface area contributed by atoms with Crippen LogP contribution in [0, 0.1) is 23.1 Å². The lowest BCUT2D eigenvalue weighted by Crippen LogP contribution is -2.46. The number of aliphatic hydroxyl groups is 1. The second kappa shape index (κ2) is 9.69. The molecule has 2 aliphatic rings. The number of hydrogen-bond donors (Lipinski definition) is 2. The molecule has 184 valence electrons. The fourth-order valence-electron chi connectivity index (χ4n) is 5.43. The third-order valence-corrected chi connectivity index (χ3v) is 7.50. The lowest BCUT2D eigenvalue weighted by Gasteiger charge is -2.42. The number of hydrogen-bond acceptors (Lipinski definition) is 5. The molecular weight excluding hydrogens is 447 g/mol. The molecule has 1 aromatic heterocycles. The molecule has 6 nitrogen and oxygen atoms in total. The van der Waals surface area contributed by atoms with Gasteiger partial charge in [0.2, 0.25) is 5.56 Å². The fraction of sp³-hybridized carbons (Fsp3) is 0.464. The van der Waals surface area contributed by atoms with E-state index in [1.54, 1.807) is 26.0 Å². The van der Waals surface area contributed by atoms with Gasteiger partial charge in [0.1, 0.15) is 17.2 Å². The summed E-state index contributed by atoms with van der Waals surface area (Å²) in [7, 11) is 0. The van der Waals surface area contributed by atoms with Crippen molar-refractivity contribution in [1.29, 1.82) is 5.26 Å². The van der Waals surface area contributed by atoms with Gasteiger partial charge in [0.05, 0.1) is 17.1 Å². The first-order valence-corrected chi connectivity index (χ1v) is 12.2. The van der Waals surface area contributed by atoms with Gasteiger partial charge in [-0.25, -0.2) is 9.18 Å². The summed E-state index contributed by atoms with van der Waals surface area (Å²) >= 11 is 0. The maximum atomic E-state index is 14.8. The minimum absolute atomic E-state index is 0.00531. The monoisotopic (exact) mass is 478 g/mol. The number of nitrogens with zero attached hydrogens (tertiary/aromatic N) is 1. The van der Waals surface area contributed by atoms with E-state index in [2.05, 4.69) is 11.1 Å². The lowest BCUT2D eigenvalue weighted by molar-refractivity contribution is -0.167. The van der Waals surface area contributed by atoms with Gasteiger partial charge < -0.3 is 14.8 Å². The van der Waals surface area contributed by atoms with Gasteiger partial charge in [-0.1, -0.05) is 25.0 Å². The number of pyridine rings is 1. The molecule has 1 saturated carbocycles. The van der Waals surface area contributed by atoms with Gasteiger partial charge in [-0.3, -0.25) is 4.79 Å². The number of cyclic esters (lactones) is 1. The minimum atomic E-state index is -0.927. The second-order valence-corrected chi connectivity index (χ2v) is 10.3. The zero-order valence-corrected chi connectivity index (χ0v) is 20.2. The Labute approximate surface area is 204 Å². The number of H-pyrrole nitrogens is 1. The van der Waals surface area contributed by atoms with Gasteiger partial charge in [0, 0.05) is 30.7 Å². The van der Waals surface area contributed by atoms with Crippen LogP contribution in [-0.4, -0.2) is 21.7 Å². The van der Waals surface area contributed by atoms with Gasteiger partial charge in [-0.05, 0) is 68.7 Å². The van der Waals surface area contributed by atoms with Crippen LogP contribution < -0.4 is 5.56 Å². The number of aromatic amines is 1. The Morgan fingerprint density at radius 2 is 1.94 bits per heavy atom. The highest BCUT2D eigenvalue weighted by Crippen LogP contribution is 2.46. The summed E-state index contributed by atoms with van der Waals surface area (Å²) in [5, 5.41) is 20.3. The number of esters is 1. The normalized spacial score (nSPS) is 21.1. The molecule has 7 heteroatoms. The van der Waals surface area contributed by atoms with Crippen LogP contribution in [0.3, 0.4) is 0 Å². The smallest absolute Gasteiger partial charge is 0.338 e. The lowest BCUT2D eigenvalue weighted by atomic mass is 9.76. The van der Waals surface area contributed by atoms with Gasteiger partial charge in [-0.2, -0.15) is 5.26 Å². The quantitative estimate of drug-likeness (QED) is 0.534. The van der Waals surface area contributed by atoms with Crippen molar-refractivity contribution in [3.05, 3.63) is 80.7 Å². The van der Waals surface area contributed by atoms with Crippen molar-refractivity contribution in [2.75, 3.05) is 0 Å². The van der Waals surface area contributed by atoms with E-state index < -0.39 is 22.8 Å². The zero-order valence-electron chi connectivity index (χ0n) is 20.2. The summed E-state index contributed by atoms with van der Waals surface area (Å²) in [5.41, 5.74) is -0.146. The molecule has 0 saturated heterocycles. The molecular formula is C28H31FN2O4.